The molecule has 1 aromatic rings. The van der Waals surface area contributed by atoms with E-state index in [2.05, 4.69) is 0 Å². The van der Waals surface area contributed by atoms with Gasteiger partial charge in [-0.15, -0.1) is 0 Å². The lowest BCUT2D eigenvalue weighted by molar-refractivity contribution is 0.426. The smallest absolute Gasteiger partial charge is 0.423 e. The van der Waals surface area contributed by atoms with Crippen LogP contribution in [-0.4, -0.2) is 17.2 Å². The van der Waals surface area contributed by atoms with Gasteiger partial charge in [0, 0.05) is 0 Å². The molecule has 0 aliphatic rings. The molecule has 0 unspecified atom stereocenters. The normalized spacial score (nSPS) is 10.7. The van der Waals surface area contributed by atoms with Crippen LogP contribution in [0.1, 0.15) is 1.37 Å². The molecule has 0 saturated carbocycles. The summed E-state index contributed by atoms with van der Waals surface area (Å²) in [4.78, 5) is 0. The zero-order chi connectivity index (χ0) is 7.56. The van der Waals surface area contributed by atoms with Crippen LogP contribution in [0.15, 0.2) is 30.3 Å². The quantitative estimate of drug-likeness (QED) is 0.488. The molecule has 0 saturated heterocycles. The first-order valence-corrected chi connectivity index (χ1v) is 2.63. The lowest BCUT2D eigenvalue weighted by Gasteiger charge is -1.94. The topological polar surface area (TPSA) is 40.5 Å². The van der Waals surface area contributed by atoms with Gasteiger partial charge in [0.05, 0.1) is 1.37 Å². The van der Waals surface area contributed by atoms with Crippen LogP contribution in [-0.2, 0) is 0 Å². The summed E-state index contributed by atoms with van der Waals surface area (Å²) in [5, 5.41) is 17.3. The molecule has 0 aliphatic carbocycles. The van der Waals surface area contributed by atoms with Crippen molar-refractivity contribution in [2.75, 3.05) is 0 Å². The van der Waals surface area contributed by atoms with Gasteiger partial charge in [0.1, 0.15) is 0 Å². The molecular weight excluding hydrogens is 115 g/mol. The standard InChI is InChI=1S/C6H7BO2/c8-7(9)6-4-2-1-3-5-6/h1-5,8-9H/i4D. The third-order valence-corrected chi connectivity index (χ3v) is 1.01. The zero-order valence-electron chi connectivity index (χ0n) is 5.78. The SMILES string of the molecule is [2H]c1ccccc1B(O)O. The van der Waals surface area contributed by atoms with Gasteiger partial charge >= 0.3 is 7.12 Å². The van der Waals surface area contributed by atoms with E-state index in [9.17, 15) is 0 Å². The van der Waals surface area contributed by atoms with Gasteiger partial charge in [0.15, 0.2) is 0 Å². The Kier molecular flexibility index (Phi) is 1.49. The fourth-order valence-corrected chi connectivity index (χ4v) is 0.568. The van der Waals surface area contributed by atoms with E-state index in [1.54, 1.807) is 12.1 Å². The summed E-state index contributed by atoms with van der Waals surface area (Å²) in [5.41, 5.74) is 0.238. The first kappa shape index (κ1) is 5.03. The van der Waals surface area contributed by atoms with Gasteiger partial charge in [-0.2, -0.15) is 0 Å². The van der Waals surface area contributed by atoms with Crippen molar-refractivity contribution in [3.05, 3.63) is 30.3 Å². The molecule has 2 N–H and O–H groups in total. The molecule has 46 valence electrons. The Morgan fingerprint density at radius 2 is 2.11 bits per heavy atom. The first-order valence-electron chi connectivity index (χ1n) is 3.13. The summed E-state index contributed by atoms with van der Waals surface area (Å²) < 4.78 is 7.18. The van der Waals surface area contributed by atoms with Crippen LogP contribution in [0.2, 0.25) is 0 Å². The zero-order valence-corrected chi connectivity index (χ0v) is 4.78. The van der Waals surface area contributed by atoms with Gasteiger partial charge in [0.25, 0.3) is 0 Å². The molecule has 0 heterocycles. The third kappa shape index (κ3) is 1.55. The average Bonchev–Trinajstić information content (AvgIpc) is 1.88. The molecule has 0 bridgehead atoms. The molecule has 1 aromatic carbocycles. The van der Waals surface area contributed by atoms with Gasteiger partial charge in [-0.1, -0.05) is 30.3 Å². The van der Waals surface area contributed by atoms with Crippen molar-refractivity contribution in [2.24, 2.45) is 0 Å². The van der Waals surface area contributed by atoms with Crippen molar-refractivity contribution in [3.8, 4) is 0 Å². The third-order valence-electron chi connectivity index (χ3n) is 1.01. The Bertz CT molecular complexity index is 227. The van der Waals surface area contributed by atoms with Crippen molar-refractivity contribution in [1.82, 2.24) is 0 Å². The van der Waals surface area contributed by atoms with Gasteiger partial charge in [-0.05, 0) is 5.46 Å². The minimum absolute atomic E-state index is 0.150. The lowest BCUT2D eigenvalue weighted by Crippen LogP contribution is -2.29. The Morgan fingerprint density at radius 3 is 2.56 bits per heavy atom. The van der Waals surface area contributed by atoms with Crippen molar-refractivity contribution < 1.29 is 11.4 Å². The van der Waals surface area contributed by atoms with Crippen LogP contribution in [0.5, 0.6) is 0 Å². The number of hydrogen-bond acceptors (Lipinski definition) is 2. The summed E-state index contributed by atoms with van der Waals surface area (Å²) in [6, 6.07) is 6.50. The maximum atomic E-state index is 8.64. The minimum Gasteiger partial charge on any atom is -0.423 e. The molecule has 0 radical (unpaired) electrons. The van der Waals surface area contributed by atoms with Crippen LogP contribution in [0.25, 0.3) is 0 Å². The number of hydrogen-bond donors (Lipinski definition) is 2. The van der Waals surface area contributed by atoms with Gasteiger partial charge in [-0.25, -0.2) is 0 Å². The molecule has 0 fully saturated rings. The van der Waals surface area contributed by atoms with E-state index >= 15 is 0 Å². The van der Waals surface area contributed by atoms with E-state index in [0.29, 0.717) is 0 Å². The highest BCUT2D eigenvalue weighted by molar-refractivity contribution is 6.58. The average molecular weight is 123 g/mol. The molecule has 0 amide bonds. The van der Waals surface area contributed by atoms with E-state index in [1.807, 2.05) is 0 Å². The van der Waals surface area contributed by atoms with E-state index in [0.717, 1.165) is 0 Å². The highest BCUT2D eigenvalue weighted by atomic mass is 16.4. The maximum absolute atomic E-state index is 8.64. The highest BCUT2D eigenvalue weighted by Crippen LogP contribution is 1.82. The minimum atomic E-state index is -1.53. The maximum Gasteiger partial charge on any atom is 0.488 e. The second-order valence-corrected chi connectivity index (χ2v) is 1.69. The molecule has 9 heavy (non-hydrogen) atoms. The summed E-state index contributed by atoms with van der Waals surface area (Å²) in [7, 11) is -1.53. The number of benzene rings is 1. The summed E-state index contributed by atoms with van der Waals surface area (Å²) in [6.45, 7) is 0. The molecule has 1 rings (SSSR count). The van der Waals surface area contributed by atoms with Crippen LogP contribution < -0.4 is 5.46 Å². The predicted molar refractivity (Wildman–Crippen MR) is 36.3 cm³/mol. The largest absolute Gasteiger partial charge is 0.488 e. The van der Waals surface area contributed by atoms with Crippen LogP contribution in [0.4, 0.5) is 0 Å². The van der Waals surface area contributed by atoms with Crippen LogP contribution in [0.3, 0.4) is 0 Å². The Labute approximate surface area is 55.3 Å². The predicted octanol–water partition coefficient (Wildman–Crippen LogP) is -0.634. The molecule has 0 aromatic heterocycles. The lowest BCUT2D eigenvalue weighted by atomic mass is 9.81. The molecule has 0 aliphatic heterocycles. The Balaban J connectivity index is 3.03. The molecule has 2 nitrogen and oxygen atoms in total. The molecule has 0 spiro atoms. The van der Waals surface area contributed by atoms with E-state index in [-0.39, 0.29) is 11.5 Å². The summed E-state index contributed by atoms with van der Waals surface area (Å²) in [6.07, 6.45) is 0. The van der Waals surface area contributed by atoms with Crippen molar-refractivity contribution in [3.63, 3.8) is 0 Å². The van der Waals surface area contributed by atoms with Crippen molar-refractivity contribution in [1.29, 1.82) is 0 Å². The first-order chi connectivity index (χ1) is 4.72. The number of rotatable bonds is 1. The van der Waals surface area contributed by atoms with Crippen molar-refractivity contribution >= 4 is 12.6 Å². The van der Waals surface area contributed by atoms with E-state index < -0.39 is 7.12 Å². The summed E-state index contributed by atoms with van der Waals surface area (Å²) >= 11 is 0. The monoisotopic (exact) mass is 123 g/mol. The van der Waals surface area contributed by atoms with Gasteiger partial charge in [-0.3, -0.25) is 0 Å². The Morgan fingerprint density at radius 1 is 1.33 bits per heavy atom. The van der Waals surface area contributed by atoms with Crippen LogP contribution in [0, 0.1) is 0 Å². The van der Waals surface area contributed by atoms with Crippen LogP contribution >= 0.6 is 0 Å². The fraction of sp³-hybridized carbons (Fsp3) is 0. The molecule has 0 atom stereocenters. The Hall–Kier alpha value is -0.795. The van der Waals surface area contributed by atoms with E-state index in [4.69, 9.17) is 11.4 Å². The van der Waals surface area contributed by atoms with Crippen molar-refractivity contribution in [2.45, 2.75) is 0 Å². The summed E-state index contributed by atoms with van der Waals surface area (Å²) in [5.74, 6) is 0. The van der Waals surface area contributed by atoms with E-state index in [1.165, 1.54) is 12.1 Å². The second kappa shape index (κ2) is 2.66. The van der Waals surface area contributed by atoms with Gasteiger partial charge in [0.2, 0.25) is 0 Å². The van der Waals surface area contributed by atoms with Gasteiger partial charge < -0.3 is 10.0 Å². The molecular formula is C6H7BO2. The second-order valence-electron chi connectivity index (χ2n) is 1.69. The fourth-order valence-electron chi connectivity index (χ4n) is 0.568. The highest BCUT2D eigenvalue weighted by Gasteiger charge is 2.07. The molecule has 3 heteroatoms.